The van der Waals surface area contributed by atoms with E-state index in [0.29, 0.717) is 37.6 Å². The monoisotopic (exact) mass is 476 g/mol. The van der Waals surface area contributed by atoms with Gasteiger partial charge in [-0.2, -0.15) is 0 Å². The van der Waals surface area contributed by atoms with E-state index in [4.69, 9.17) is 9.47 Å². The van der Waals surface area contributed by atoms with Gasteiger partial charge in [0.15, 0.2) is 0 Å². The van der Waals surface area contributed by atoms with Crippen molar-refractivity contribution in [2.45, 2.75) is 39.5 Å². The van der Waals surface area contributed by atoms with Crippen LogP contribution in [0.25, 0.3) is 0 Å². The van der Waals surface area contributed by atoms with Gasteiger partial charge in [0.2, 0.25) is 11.8 Å². The number of carbonyl (C=O) groups is 2. The number of hydrogen-bond donors (Lipinski definition) is 2. The molecule has 0 bridgehead atoms. The van der Waals surface area contributed by atoms with Gasteiger partial charge in [-0.1, -0.05) is 35.4 Å². The average Bonchev–Trinajstić information content (AvgIpc) is 2.80. The Balaban J connectivity index is 1.53. The van der Waals surface area contributed by atoms with Crippen molar-refractivity contribution in [2.24, 2.45) is 0 Å². The lowest BCUT2D eigenvalue weighted by Gasteiger charge is -2.08. The predicted octanol–water partition coefficient (Wildman–Crippen LogP) is 6.00. The van der Waals surface area contributed by atoms with Gasteiger partial charge in [-0.05, 0) is 61.4 Å². The molecule has 174 valence electrons. The summed E-state index contributed by atoms with van der Waals surface area (Å²) >= 11 is 0. The molecule has 8 heteroatoms. The van der Waals surface area contributed by atoms with Crippen LogP contribution in [0.5, 0.6) is 11.5 Å². The lowest BCUT2D eigenvalue weighted by molar-refractivity contribution is -0.116. The SMILES string of the molecule is CCCOc1ccc(NC(=O)CCSSCCC(=O)Nc2ccc(OCCC)cc2)cc1. The molecule has 0 saturated heterocycles. The van der Waals surface area contributed by atoms with E-state index in [1.165, 1.54) is 0 Å². The zero-order valence-corrected chi connectivity index (χ0v) is 20.4. The van der Waals surface area contributed by atoms with Crippen molar-refractivity contribution in [3.05, 3.63) is 48.5 Å². The van der Waals surface area contributed by atoms with Gasteiger partial charge in [-0.3, -0.25) is 9.59 Å². The molecule has 0 spiro atoms. The summed E-state index contributed by atoms with van der Waals surface area (Å²) in [5, 5.41) is 5.77. The highest BCUT2D eigenvalue weighted by Gasteiger charge is 2.06. The van der Waals surface area contributed by atoms with Gasteiger partial charge in [-0.25, -0.2) is 0 Å². The lowest BCUT2D eigenvalue weighted by atomic mass is 10.3. The fraction of sp³-hybridized carbons (Fsp3) is 0.417. The minimum Gasteiger partial charge on any atom is -0.494 e. The summed E-state index contributed by atoms with van der Waals surface area (Å²) in [5.41, 5.74) is 1.52. The molecule has 32 heavy (non-hydrogen) atoms. The number of rotatable bonds is 15. The van der Waals surface area contributed by atoms with Crippen LogP contribution in [0, 0.1) is 0 Å². The van der Waals surface area contributed by atoms with Crippen LogP contribution in [-0.2, 0) is 9.59 Å². The number of carbonyl (C=O) groups excluding carboxylic acids is 2. The number of hydrogen-bond acceptors (Lipinski definition) is 6. The Hall–Kier alpha value is -2.32. The molecule has 0 aliphatic rings. The number of ether oxygens (including phenoxy) is 2. The summed E-state index contributed by atoms with van der Waals surface area (Å²) in [6.45, 7) is 5.49. The highest BCUT2D eigenvalue weighted by molar-refractivity contribution is 8.76. The first-order chi connectivity index (χ1) is 15.6. The van der Waals surface area contributed by atoms with Crippen LogP contribution >= 0.6 is 21.6 Å². The smallest absolute Gasteiger partial charge is 0.225 e. The van der Waals surface area contributed by atoms with Gasteiger partial charge in [-0.15, -0.1) is 0 Å². The summed E-state index contributed by atoms with van der Waals surface area (Å²) in [6.07, 6.45) is 2.76. The second kappa shape index (κ2) is 15.5. The molecule has 0 heterocycles. The fourth-order valence-electron chi connectivity index (χ4n) is 2.54. The molecule has 0 radical (unpaired) electrons. The third-order valence-corrected chi connectivity index (χ3v) is 6.54. The van der Waals surface area contributed by atoms with E-state index in [-0.39, 0.29) is 11.8 Å². The Morgan fingerprint density at radius 2 is 1.06 bits per heavy atom. The van der Waals surface area contributed by atoms with Crippen molar-refractivity contribution < 1.29 is 19.1 Å². The van der Waals surface area contributed by atoms with E-state index in [1.807, 2.05) is 48.5 Å². The molecule has 6 nitrogen and oxygen atoms in total. The maximum atomic E-state index is 12.1. The van der Waals surface area contributed by atoms with Gasteiger partial charge >= 0.3 is 0 Å². The molecule has 0 fully saturated rings. The molecule has 2 rings (SSSR count). The van der Waals surface area contributed by atoms with Crippen LogP contribution in [-0.4, -0.2) is 36.5 Å². The first-order valence-electron chi connectivity index (χ1n) is 10.9. The molecule has 0 aromatic heterocycles. The summed E-state index contributed by atoms with van der Waals surface area (Å²) in [4.78, 5) is 24.1. The Bertz CT molecular complexity index is 744. The quantitative estimate of drug-likeness (QED) is 0.242. The van der Waals surface area contributed by atoms with Gasteiger partial charge in [0, 0.05) is 35.7 Å². The highest BCUT2D eigenvalue weighted by atomic mass is 33.1. The lowest BCUT2D eigenvalue weighted by Crippen LogP contribution is -2.12. The van der Waals surface area contributed by atoms with Crippen LogP contribution < -0.4 is 20.1 Å². The average molecular weight is 477 g/mol. The zero-order chi connectivity index (χ0) is 23.0. The maximum absolute atomic E-state index is 12.1. The van der Waals surface area contributed by atoms with Crippen molar-refractivity contribution >= 4 is 44.8 Å². The minimum atomic E-state index is -0.0237. The molecule has 2 aromatic rings. The van der Waals surface area contributed by atoms with Gasteiger partial charge in [0.05, 0.1) is 13.2 Å². The normalized spacial score (nSPS) is 10.4. The zero-order valence-electron chi connectivity index (χ0n) is 18.7. The summed E-state index contributed by atoms with van der Waals surface area (Å²) in [7, 11) is 3.20. The molecule has 0 aliphatic carbocycles. The second-order valence-electron chi connectivity index (χ2n) is 6.99. The van der Waals surface area contributed by atoms with Crippen LogP contribution in [0.2, 0.25) is 0 Å². The Kier molecular flexibility index (Phi) is 12.5. The number of amides is 2. The molecule has 0 aliphatic heterocycles. The fourth-order valence-corrected chi connectivity index (χ4v) is 4.52. The molecule has 0 atom stereocenters. The van der Waals surface area contributed by atoms with E-state index >= 15 is 0 Å². The first kappa shape index (κ1) is 25.9. The van der Waals surface area contributed by atoms with Crippen molar-refractivity contribution in [3.63, 3.8) is 0 Å². The van der Waals surface area contributed by atoms with Crippen molar-refractivity contribution in [1.29, 1.82) is 0 Å². The standard InChI is InChI=1S/C24H32N2O4S2/c1-3-15-29-21-9-5-19(6-10-21)25-23(27)13-17-31-32-18-14-24(28)26-20-7-11-22(12-8-20)30-16-4-2/h5-12H,3-4,13-18H2,1-2H3,(H,25,27)(H,26,28). The van der Waals surface area contributed by atoms with Crippen LogP contribution in [0.4, 0.5) is 11.4 Å². The number of anilines is 2. The van der Waals surface area contributed by atoms with E-state index < -0.39 is 0 Å². The van der Waals surface area contributed by atoms with Crippen molar-refractivity contribution in [3.8, 4) is 11.5 Å². The first-order valence-corrected chi connectivity index (χ1v) is 13.4. The summed E-state index contributed by atoms with van der Waals surface area (Å²) in [5.74, 6) is 2.94. The molecule has 2 aromatic carbocycles. The molecular formula is C24H32N2O4S2. The second-order valence-corrected chi connectivity index (χ2v) is 9.69. The minimum absolute atomic E-state index is 0.0237. The Morgan fingerprint density at radius 1 is 0.688 bits per heavy atom. The largest absolute Gasteiger partial charge is 0.494 e. The van der Waals surface area contributed by atoms with Crippen molar-refractivity contribution in [1.82, 2.24) is 0 Å². The third kappa shape index (κ3) is 10.8. The van der Waals surface area contributed by atoms with Crippen LogP contribution in [0.15, 0.2) is 48.5 Å². The number of benzene rings is 2. The van der Waals surface area contributed by atoms with E-state index in [1.54, 1.807) is 21.6 Å². The van der Waals surface area contributed by atoms with Gasteiger partial charge in [0.25, 0.3) is 0 Å². The molecule has 2 amide bonds. The molecular weight excluding hydrogens is 444 g/mol. The van der Waals surface area contributed by atoms with E-state index in [0.717, 1.165) is 35.7 Å². The van der Waals surface area contributed by atoms with Gasteiger partial charge in [0.1, 0.15) is 11.5 Å². The van der Waals surface area contributed by atoms with Gasteiger partial charge < -0.3 is 20.1 Å². The maximum Gasteiger partial charge on any atom is 0.225 e. The predicted molar refractivity (Wildman–Crippen MR) is 136 cm³/mol. The topological polar surface area (TPSA) is 76.7 Å². The Morgan fingerprint density at radius 3 is 1.41 bits per heavy atom. The Labute approximate surface area is 198 Å². The summed E-state index contributed by atoms with van der Waals surface area (Å²) in [6, 6.07) is 14.8. The van der Waals surface area contributed by atoms with Crippen LogP contribution in [0.1, 0.15) is 39.5 Å². The third-order valence-electron chi connectivity index (χ3n) is 4.13. The summed E-state index contributed by atoms with van der Waals surface area (Å²) < 4.78 is 11.1. The molecule has 0 unspecified atom stereocenters. The highest BCUT2D eigenvalue weighted by Crippen LogP contribution is 2.24. The number of nitrogens with one attached hydrogen (secondary N) is 2. The molecule has 2 N–H and O–H groups in total. The van der Waals surface area contributed by atoms with Crippen LogP contribution in [0.3, 0.4) is 0 Å². The van der Waals surface area contributed by atoms with E-state index in [2.05, 4.69) is 24.5 Å². The van der Waals surface area contributed by atoms with Crippen molar-refractivity contribution in [2.75, 3.05) is 35.4 Å². The van der Waals surface area contributed by atoms with E-state index in [9.17, 15) is 9.59 Å². The molecule has 0 saturated carbocycles.